The van der Waals surface area contributed by atoms with Crippen LogP contribution in [0.2, 0.25) is 0 Å². The zero-order valence-electron chi connectivity index (χ0n) is 10.8. The first-order chi connectivity index (χ1) is 8.54. The molecule has 0 radical (unpaired) electrons. The smallest absolute Gasteiger partial charge is 0.260 e. The summed E-state index contributed by atoms with van der Waals surface area (Å²) >= 11 is 0. The van der Waals surface area contributed by atoms with E-state index in [1.807, 2.05) is 6.92 Å². The topological polar surface area (TPSA) is 75.6 Å². The van der Waals surface area contributed by atoms with E-state index in [9.17, 15) is 4.79 Å². The number of aryl methyl sites for hydroxylation is 1. The lowest BCUT2D eigenvalue weighted by Gasteiger charge is -2.03. The molecule has 0 unspecified atom stereocenters. The van der Waals surface area contributed by atoms with Gasteiger partial charge in [-0.1, -0.05) is 13.8 Å². The van der Waals surface area contributed by atoms with E-state index in [1.165, 1.54) is 0 Å². The highest BCUT2D eigenvalue weighted by Crippen LogP contribution is 2.08. The van der Waals surface area contributed by atoms with Gasteiger partial charge in [0.15, 0.2) is 5.82 Å². The maximum Gasteiger partial charge on any atom is 0.260 e. The summed E-state index contributed by atoms with van der Waals surface area (Å²) < 4.78 is 1.77. The van der Waals surface area contributed by atoms with Gasteiger partial charge in [-0.05, 0) is 12.8 Å². The molecule has 0 bridgehead atoms. The third kappa shape index (κ3) is 2.97. The number of hydrogen-bond donors (Lipinski definition) is 2. The van der Waals surface area contributed by atoms with Gasteiger partial charge in [0.2, 0.25) is 0 Å². The number of amides is 1. The number of hydrogen-bond acceptors (Lipinski definition) is 3. The van der Waals surface area contributed by atoms with E-state index >= 15 is 0 Å². The molecule has 2 aromatic rings. The molecule has 6 nitrogen and oxygen atoms in total. The second kappa shape index (κ2) is 5.03. The van der Waals surface area contributed by atoms with Gasteiger partial charge in [0, 0.05) is 24.5 Å². The number of anilines is 1. The van der Waals surface area contributed by atoms with Crippen molar-refractivity contribution in [1.82, 2.24) is 20.0 Å². The van der Waals surface area contributed by atoms with E-state index < -0.39 is 0 Å². The summed E-state index contributed by atoms with van der Waals surface area (Å²) in [5, 5.41) is 13.6. The standard InChI is InChI=1S/C12H17N5O/c1-8(2)6-17-7-10(5-13-17)12(18)14-11-4-9(3)15-16-11/h4-5,7-8H,6H2,1-3H3,(H2,14,15,16,18). The monoisotopic (exact) mass is 247 g/mol. The minimum Gasteiger partial charge on any atom is -0.305 e. The number of nitrogens with zero attached hydrogens (tertiary/aromatic N) is 3. The molecule has 0 atom stereocenters. The Balaban J connectivity index is 2.02. The normalized spacial score (nSPS) is 10.9. The van der Waals surface area contributed by atoms with Crippen LogP contribution in [0.1, 0.15) is 29.9 Å². The average Bonchev–Trinajstić information content (AvgIpc) is 2.87. The summed E-state index contributed by atoms with van der Waals surface area (Å²) in [5.74, 6) is 0.820. The zero-order valence-corrected chi connectivity index (χ0v) is 10.8. The molecule has 6 heteroatoms. The molecular weight excluding hydrogens is 230 g/mol. The van der Waals surface area contributed by atoms with Crippen LogP contribution in [0.25, 0.3) is 0 Å². The van der Waals surface area contributed by atoms with E-state index in [2.05, 4.69) is 34.5 Å². The largest absolute Gasteiger partial charge is 0.305 e. The van der Waals surface area contributed by atoms with Crippen molar-refractivity contribution in [2.24, 2.45) is 5.92 Å². The van der Waals surface area contributed by atoms with Gasteiger partial charge in [-0.3, -0.25) is 14.6 Å². The van der Waals surface area contributed by atoms with Crippen LogP contribution in [0.4, 0.5) is 5.82 Å². The van der Waals surface area contributed by atoms with Crippen LogP contribution in [0.15, 0.2) is 18.5 Å². The number of nitrogens with one attached hydrogen (secondary N) is 2. The Morgan fingerprint density at radius 2 is 2.33 bits per heavy atom. The van der Waals surface area contributed by atoms with E-state index in [0.29, 0.717) is 17.3 Å². The first-order valence-corrected chi connectivity index (χ1v) is 5.90. The van der Waals surface area contributed by atoms with Gasteiger partial charge in [0.25, 0.3) is 5.91 Å². The Hall–Kier alpha value is -2.11. The molecule has 2 N–H and O–H groups in total. The van der Waals surface area contributed by atoms with Crippen molar-refractivity contribution >= 4 is 11.7 Å². The predicted octanol–water partition coefficient (Wildman–Crippen LogP) is 1.82. The summed E-state index contributed by atoms with van der Waals surface area (Å²) in [4.78, 5) is 11.9. The lowest BCUT2D eigenvalue weighted by Crippen LogP contribution is -2.11. The molecule has 96 valence electrons. The average molecular weight is 247 g/mol. The summed E-state index contributed by atoms with van der Waals surface area (Å²) in [6.07, 6.45) is 3.31. The highest BCUT2D eigenvalue weighted by atomic mass is 16.1. The number of aromatic amines is 1. The summed E-state index contributed by atoms with van der Waals surface area (Å²) in [7, 11) is 0. The van der Waals surface area contributed by atoms with Crippen LogP contribution in [0, 0.1) is 12.8 Å². The molecule has 0 aliphatic heterocycles. The number of rotatable bonds is 4. The first-order valence-electron chi connectivity index (χ1n) is 5.90. The maximum atomic E-state index is 11.9. The number of carbonyl (C=O) groups is 1. The molecule has 0 saturated carbocycles. The molecule has 18 heavy (non-hydrogen) atoms. The Bertz CT molecular complexity index is 540. The van der Waals surface area contributed by atoms with Gasteiger partial charge >= 0.3 is 0 Å². The van der Waals surface area contributed by atoms with Crippen molar-refractivity contribution < 1.29 is 4.79 Å². The fourth-order valence-corrected chi connectivity index (χ4v) is 1.63. The molecule has 0 aromatic carbocycles. The summed E-state index contributed by atoms with van der Waals surface area (Å²) in [6.45, 7) is 6.89. The van der Waals surface area contributed by atoms with Crippen molar-refractivity contribution in [1.29, 1.82) is 0 Å². The van der Waals surface area contributed by atoms with Crippen molar-refractivity contribution in [3.8, 4) is 0 Å². The van der Waals surface area contributed by atoms with Gasteiger partial charge in [-0.15, -0.1) is 0 Å². The second-order valence-corrected chi connectivity index (χ2v) is 4.74. The molecule has 0 fully saturated rings. The molecule has 0 spiro atoms. The van der Waals surface area contributed by atoms with Crippen LogP contribution in [-0.4, -0.2) is 25.9 Å². The molecule has 1 amide bonds. The Labute approximate surface area is 105 Å². The highest BCUT2D eigenvalue weighted by Gasteiger charge is 2.10. The minimum absolute atomic E-state index is 0.198. The van der Waals surface area contributed by atoms with Gasteiger partial charge in [-0.25, -0.2) is 0 Å². The van der Waals surface area contributed by atoms with Gasteiger partial charge < -0.3 is 5.32 Å². The van der Waals surface area contributed by atoms with E-state index in [4.69, 9.17) is 0 Å². The summed E-state index contributed by atoms with van der Waals surface area (Å²) in [5.41, 5.74) is 1.44. The van der Waals surface area contributed by atoms with Crippen LogP contribution >= 0.6 is 0 Å². The first kappa shape index (κ1) is 12.3. The molecule has 0 aliphatic carbocycles. The second-order valence-electron chi connectivity index (χ2n) is 4.74. The number of H-pyrrole nitrogens is 1. The van der Waals surface area contributed by atoms with Crippen LogP contribution in [-0.2, 0) is 6.54 Å². The van der Waals surface area contributed by atoms with Crippen LogP contribution in [0.5, 0.6) is 0 Å². The van der Waals surface area contributed by atoms with Crippen molar-refractivity contribution in [3.05, 3.63) is 29.7 Å². The Kier molecular flexibility index (Phi) is 3.45. The number of aromatic nitrogens is 4. The third-order valence-electron chi connectivity index (χ3n) is 2.40. The Morgan fingerprint density at radius 3 is 2.94 bits per heavy atom. The third-order valence-corrected chi connectivity index (χ3v) is 2.40. The lowest BCUT2D eigenvalue weighted by molar-refractivity contribution is 0.102. The fourth-order valence-electron chi connectivity index (χ4n) is 1.63. The molecule has 2 aromatic heterocycles. The molecular formula is C12H17N5O. The predicted molar refractivity (Wildman–Crippen MR) is 68.3 cm³/mol. The van der Waals surface area contributed by atoms with Gasteiger partial charge in [0.1, 0.15) is 0 Å². The van der Waals surface area contributed by atoms with E-state index in [-0.39, 0.29) is 5.91 Å². The SMILES string of the molecule is Cc1cc(NC(=O)c2cnn(CC(C)C)c2)n[nH]1. The van der Waals surface area contributed by atoms with Crippen LogP contribution in [0.3, 0.4) is 0 Å². The van der Waals surface area contributed by atoms with E-state index in [1.54, 1.807) is 23.1 Å². The minimum atomic E-state index is -0.198. The summed E-state index contributed by atoms with van der Waals surface area (Å²) in [6, 6.07) is 1.77. The van der Waals surface area contributed by atoms with Crippen LogP contribution < -0.4 is 5.32 Å². The van der Waals surface area contributed by atoms with E-state index in [0.717, 1.165) is 12.2 Å². The highest BCUT2D eigenvalue weighted by molar-refractivity contribution is 6.03. The molecule has 0 saturated heterocycles. The molecule has 0 aliphatic rings. The molecule has 2 heterocycles. The zero-order chi connectivity index (χ0) is 13.1. The van der Waals surface area contributed by atoms with Crippen molar-refractivity contribution in [2.45, 2.75) is 27.3 Å². The maximum absolute atomic E-state index is 11.9. The van der Waals surface area contributed by atoms with Crippen molar-refractivity contribution in [2.75, 3.05) is 5.32 Å². The Morgan fingerprint density at radius 1 is 1.56 bits per heavy atom. The fraction of sp³-hybridized carbons (Fsp3) is 0.417. The number of carbonyl (C=O) groups excluding carboxylic acids is 1. The molecule has 2 rings (SSSR count). The van der Waals surface area contributed by atoms with Crippen molar-refractivity contribution in [3.63, 3.8) is 0 Å². The quantitative estimate of drug-likeness (QED) is 0.865. The lowest BCUT2D eigenvalue weighted by atomic mass is 10.2. The van der Waals surface area contributed by atoms with Gasteiger partial charge in [0.05, 0.1) is 11.8 Å². The van der Waals surface area contributed by atoms with Gasteiger partial charge in [-0.2, -0.15) is 10.2 Å².